The SMILES string of the molecule is C[C@]12CCOCN1Cc1c(F)cc(C(=O)NO)cc1C2. The van der Waals surface area contributed by atoms with Gasteiger partial charge in [-0.05, 0) is 37.5 Å². The van der Waals surface area contributed by atoms with Gasteiger partial charge in [-0.25, -0.2) is 9.87 Å². The Morgan fingerprint density at radius 1 is 1.55 bits per heavy atom. The number of hydroxylamine groups is 1. The molecule has 3 rings (SSSR count). The molecule has 1 aromatic carbocycles. The summed E-state index contributed by atoms with van der Waals surface area (Å²) in [5.41, 5.74) is 3.08. The summed E-state index contributed by atoms with van der Waals surface area (Å²) in [6.07, 6.45) is 1.56. The van der Waals surface area contributed by atoms with E-state index in [0.717, 1.165) is 18.1 Å². The van der Waals surface area contributed by atoms with Crippen molar-refractivity contribution in [3.8, 4) is 0 Å². The maximum absolute atomic E-state index is 14.2. The minimum Gasteiger partial charge on any atom is -0.366 e. The van der Waals surface area contributed by atoms with Crippen LogP contribution in [0.25, 0.3) is 0 Å². The molecule has 2 aliphatic heterocycles. The number of nitrogens with one attached hydrogen (secondary N) is 1. The Bertz CT molecular complexity index is 564. The molecule has 0 bridgehead atoms. The number of fused-ring (bicyclic) bond motifs is 2. The number of amides is 1. The zero-order chi connectivity index (χ0) is 14.3. The zero-order valence-electron chi connectivity index (χ0n) is 11.3. The van der Waals surface area contributed by atoms with Crippen molar-refractivity contribution in [1.82, 2.24) is 10.4 Å². The van der Waals surface area contributed by atoms with E-state index in [1.807, 2.05) is 0 Å². The maximum Gasteiger partial charge on any atom is 0.274 e. The predicted molar refractivity (Wildman–Crippen MR) is 68.7 cm³/mol. The van der Waals surface area contributed by atoms with Gasteiger partial charge in [0.05, 0.1) is 13.3 Å². The summed E-state index contributed by atoms with van der Waals surface area (Å²) >= 11 is 0. The summed E-state index contributed by atoms with van der Waals surface area (Å²) in [5, 5.41) is 8.67. The van der Waals surface area contributed by atoms with Gasteiger partial charge in [0.25, 0.3) is 5.91 Å². The number of carbonyl (C=O) groups excluding carboxylic acids is 1. The number of benzene rings is 1. The molecule has 20 heavy (non-hydrogen) atoms. The fraction of sp³-hybridized carbons (Fsp3) is 0.500. The van der Waals surface area contributed by atoms with E-state index in [2.05, 4.69) is 11.8 Å². The van der Waals surface area contributed by atoms with Gasteiger partial charge in [0.2, 0.25) is 0 Å². The van der Waals surface area contributed by atoms with Crippen LogP contribution in [-0.2, 0) is 17.7 Å². The molecule has 1 aromatic rings. The Balaban J connectivity index is 2.01. The van der Waals surface area contributed by atoms with E-state index in [1.54, 1.807) is 11.5 Å². The summed E-state index contributed by atoms with van der Waals surface area (Å²) in [7, 11) is 0. The first kappa shape index (κ1) is 13.5. The lowest BCUT2D eigenvalue weighted by molar-refractivity contribution is -0.0998. The quantitative estimate of drug-likeness (QED) is 0.603. The lowest BCUT2D eigenvalue weighted by Crippen LogP contribution is -2.55. The number of carbonyl (C=O) groups is 1. The Morgan fingerprint density at radius 2 is 2.35 bits per heavy atom. The highest BCUT2D eigenvalue weighted by Crippen LogP contribution is 2.36. The maximum atomic E-state index is 14.2. The third kappa shape index (κ3) is 2.09. The normalized spacial score (nSPS) is 25.8. The molecule has 5 nitrogen and oxygen atoms in total. The minimum atomic E-state index is -0.689. The van der Waals surface area contributed by atoms with Gasteiger partial charge >= 0.3 is 0 Å². The van der Waals surface area contributed by atoms with Gasteiger partial charge in [-0.15, -0.1) is 0 Å². The average molecular weight is 280 g/mol. The van der Waals surface area contributed by atoms with Crippen LogP contribution >= 0.6 is 0 Å². The molecule has 1 atom stereocenters. The Labute approximate surface area is 116 Å². The summed E-state index contributed by atoms with van der Waals surface area (Å²) in [6.45, 7) is 3.82. The number of hydrogen-bond donors (Lipinski definition) is 2. The molecule has 0 aromatic heterocycles. The van der Waals surface area contributed by atoms with E-state index in [4.69, 9.17) is 9.94 Å². The van der Waals surface area contributed by atoms with Crippen LogP contribution in [0.3, 0.4) is 0 Å². The molecule has 0 aliphatic carbocycles. The fourth-order valence-corrected chi connectivity index (χ4v) is 3.04. The van der Waals surface area contributed by atoms with Gasteiger partial charge < -0.3 is 4.74 Å². The second-order valence-electron chi connectivity index (χ2n) is 5.70. The van der Waals surface area contributed by atoms with Crippen molar-refractivity contribution in [2.24, 2.45) is 0 Å². The van der Waals surface area contributed by atoms with E-state index < -0.39 is 11.7 Å². The molecule has 2 N–H and O–H groups in total. The van der Waals surface area contributed by atoms with Gasteiger partial charge in [0.15, 0.2) is 0 Å². The monoisotopic (exact) mass is 280 g/mol. The minimum absolute atomic E-state index is 0.0635. The van der Waals surface area contributed by atoms with Crippen LogP contribution in [0.5, 0.6) is 0 Å². The number of halogens is 1. The van der Waals surface area contributed by atoms with E-state index in [9.17, 15) is 9.18 Å². The van der Waals surface area contributed by atoms with Crippen LogP contribution < -0.4 is 5.48 Å². The second kappa shape index (κ2) is 4.80. The van der Waals surface area contributed by atoms with E-state index in [-0.39, 0.29) is 11.1 Å². The number of rotatable bonds is 1. The lowest BCUT2D eigenvalue weighted by Gasteiger charge is -2.48. The largest absolute Gasteiger partial charge is 0.366 e. The molecule has 0 unspecified atom stereocenters. The molecule has 2 aliphatic rings. The van der Waals surface area contributed by atoms with Crippen molar-refractivity contribution in [2.75, 3.05) is 13.3 Å². The second-order valence-corrected chi connectivity index (χ2v) is 5.70. The first-order chi connectivity index (χ1) is 9.53. The summed E-state index contributed by atoms with van der Waals surface area (Å²) in [5.74, 6) is -1.10. The summed E-state index contributed by atoms with van der Waals surface area (Å²) in [6, 6.07) is 2.83. The van der Waals surface area contributed by atoms with Crippen LogP contribution in [-0.4, -0.2) is 34.9 Å². The molecule has 0 spiro atoms. The van der Waals surface area contributed by atoms with Crippen molar-refractivity contribution in [2.45, 2.75) is 31.8 Å². The van der Waals surface area contributed by atoms with Crippen LogP contribution in [0.15, 0.2) is 12.1 Å². The number of nitrogens with zero attached hydrogens (tertiary/aromatic N) is 1. The zero-order valence-corrected chi connectivity index (χ0v) is 11.3. The molecule has 1 fully saturated rings. The summed E-state index contributed by atoms with van der Waals surface area (Å²) in [4.78, 5) is 13.6. The number of ether oxygens (including phenoxy) is 1. The third-order valence-corrected chi connectivity index (χ3v) is 4.37. The lowest BCUT2D eigenvalue weighted by atomic mass is 9.81. The molecule has 0 radical (unpaired) electrons. The topological polar surface area (TPSA) is 61.8 Å². The average Bonchev–Trinajstić information content (AvgIpc) is 2.43. The van der Waals surface area contributed by atoms with Crippen LogP contribution in [0.4, 0.5) is 4.39 Å². The Morgan fingerprint density at radius 3 is 3.10 bits per heavy atom. The molecule has 0 saturated carbocycles. The molecular weight excluding hydrogens is 263 g/mol. The molecule has 1 saturated heterocycles. The number of hydrogen-bond acceptors (Lipinski definition) is 4. The molecule has 2 heterocycles. The van der Waals surface area contributed by atoms with E-state index in [1.165, 1.54) is 0 Å². The molecule has 6 heteroatoms. The van der Waals surface area contributed by atoms with E-state index >= 15 is 0 Å². The standard InChI is InChI=1S/C14H17FN2O3/c1-14-2-3-20-8-17(14)7-11-10(6-14)4-9(5-12(11)15)13(18)16-19/h4-5,19H,2-3,6-8H2,1H3,(H,16,18)/t14-/m1/s1. The van der Waals surface area contributed by atoms with E-state index in [0.29, 0.717) is 31.9 Å². The van der Waals surface area contributed by atoms with Gasteiger partial charge in [-0.1, -0.05) is 0 Å². The predicted octanol–water partition coefficient (Wildman–Crippen LogP) is 1.44. The Kier molecular flexibility index (Phi) is 3.24. The highest BCUT2D eigenvalue weighted by Gasteiger charge is 2.40. The van der Waals surface area contributed by atoms with Gasteiger partial charge in [-0.3, -0.25) is 14.9 Å². The molecule has 1 amide bonds. The van der Waals surface area contributed by atoms with Crippen LogP contribution in [0, 0.1) is 5.82 Å². The first-order valence-corrected chi connectivity index (χ1v) is 6.62. The van der Waals surface area contributed by atoms with Crippen molar-refractivity contribution in [1.29, 1.82) is 0 Å². The highest BCUT2D eigenvalue weighted by atomic mass is 19.1. The molecule has 108 valence electrons. The van der Waals surface area contributed by atoms with Crippen LogP contribution in [0.1, 0.15) is 34.8 Å². The first-order valence-electron chi connectivity index (χ1n) is 6.62. The summed E-state index contributed by atoms with van der Waals surface area (Å²) < 4.78 is 19.6. The highest BCUT2D eigenvalue weighted by molar-refractivity contribution is 5.93. The van der Waals surface area contributed by atoms with Crippen LogP contribution in [0.2, 0.25) is 0 Å². The molecular formula is C14H17FN2O3. The van der Waals surface area contributed by atoms with Crippen molar-refractivity contribution in [3.63, 3.8) is 0 Å². The van der Waals surface area contributed by atoms with Gasteiger partial charge in [0.1, 0.15) is 5.82 Å². The Hall–Kier alpha value is -1.50. The van der Waals surface area contributed by atoms with Gasteiger partial charge in [0, 0.05) is 23.2 Å². The third-order valence-electron chi connectivity index (χ3n) is 4.37. The van der Waals surface area contributed by atoms with Crippen molar-refractivity contribution >= 4 is 5.91 Å². The van der Waals surface area contributed by atoms with Gasteiger partial charge in [-0.2, -0.15) is 0 Å². The fourth-order valence-electron chi connectivity index (χ4n) is 3.04. The smallest absolute Gasteiger partial charge is 0.274 e. The van der Waals surface area contributed by atoms with Crippen molar-refractivity contribution in [3.05, 3.63) is 34.6 Å². The van der Waals surface area contributed by atoms with Crippen molar-refractivity contribution < 1.29 is 19.1 Å².